The van der Waals surface area contributed by atoms with Gasteiger partial charge >= 0.3 is 5.65 Å². The largest absolute Gasteiger partial charge is 0.303 e. The lowest BCUT2D eigenvalue weighted by molar-refractivity contribution is -0.498. The summed E-state index contributed by atoms with van der Waals surface area (Å²) in [7, 11) is -3.63. The molecular weight excluding hydrogens is 400 g/mol. The summed E-state index contributed by atoms with van der Waals surface area (Å²) in [5.41, 5.74) is 2.29. The van der Waals surface area contributed by atoms with Crippen LogP contribution in [0, 0.1) is 0 Å². The summed E-state index contributed by atoms with van der Waals surface area (Å²) in [5.74, 6) is -3.00. The van der Waals surface area contributed by atoms with Gasteiger partial charge in [0.1, 0.15) is 18.1 Å². The lowest BCUT2D eigenvalue weighted by Gasteiger charge is -2.11. The molecule has 1 aromatic carbocycles. The van der Waals surface area contributed by atoms with Gasteiger partial charge in [-0.15, -0.1) is 0 Å². The number of imidazole rings is 1. The first-order chi connectivity index (χ1) is 13.6. The molecule has 0 atom stereocenters. The molecule has 148 valence electrons. The molecule has 0 aliphatic rings. The van der Waals surface area contributed by atoms with Crippen LogP contribution in [0.15, 0.2) is 60.3 Å². The molecule has 0 aliphatic heterocycles. The first-order valence-corrected chi connectivity index (χ1v) is 10.4. The van der Waals surface area contributed by atoms with Gasteiger partial charge in [0.25, 0.3) is 5.92 Å². The van der Waals surface area contributed by atoms with E-state index in [0.717, 1.165) is 13.2 Å². The van der Waals surface area contributed by atoms with Crippen molar-refractivity contribution < 1.29 is 21.6 Å². The highest BCUT2D eigenvalue weighted by Crippen LogP contribution is 2.33. The van der Waals surface area contributed by atoms with Crippen molar-refractivity contribution in [3.63, 3.8) is 0 Å². The van der Waals surface area contributed by atoms with E-state index in [4.69, 9.17) is 0 Å². The topological polar surface area (TPSA) is 92.7 Å². The molecule has 0 amide bonds. The van der Waals surface area contributed by atoms with E-state index in [2.05, 4.69) is 19.9 Å². The van der Waals surface area contributed by atoms with E-state index in [9.17, 15) is 17.2 Å². The average molecular weight is 416 g/mol. The summed E-state index contributed by atoms with van der Waals surface area (Å²) in [6, 6.07) is 7.54. The van der Waals surface area contributed by atoms with Gasteiger partial charge in [-0.2, -0.15) is 4.40 Å². The fourth-order valence-corrected chi connectivity index (χ4v) is 3.53. The van der Waals surface area contributed by atoms with Crippen LogP contribution in [0.1, 0.15) is 12.5 Å². The van der Waals surface area contributed by atoms with Crippen molar-refractivity contribution in [2.45, 2.75) is 18.0 Å². The molecule has 4 rings (SSSR count). The van der Waals surface area contributed by atoms with Gasteiger partial charge in [-0.3, -0.25) is 4.98 Å². The lowest BCUT2D eigenvalue weighted by Crippen LogP contribution is -2.22. The van der Waals surface area contributed by atoms with Crippen LogP contribution in [0.2, 0.25) is 0 Å². The number of nitrogens with one attached hydrogen (secondary N) is 1. The van der Waals surface area contributed by atoms with E-state index in [-0.39, 0.29) is 10.7 Å². The Bertz CT molecular complexity index is 1330. The molecule has 0 unspecified atom stereocenters. The van der Waals surface area contributed by atoms with E-state index in [1.807, 2.05) is 0 Å². The standard InChI is InChI=1S/C19H15F2N5O2S/c1-19(20,21)13-5-3-4-12(10-13)16-17(26-9-8-22-11-15(26)25-16)14-6-7-23-18(24-14)29(2,27)28/h3-11H,1-2H3/p+1. The maximum Gasteiger partial charge on any atom is 0.303 e. The van der Waals surface area contributed by atoms with Crippen molar-refractivity contribution in [3.05, 3.63) is 60.7 Å². The number of hydrogen-bond acceptors (Lipinski definition) is 5. The number of rotatable bonds is 4. The Morgan fingerprint density at radius 3 is 2.69 bits per heavy atom. The average Bonchev–Trinajstić information content (AvgIpc) is 3.06. The number of alkyl halides is 2. The zero-order chi connectivity index (χ0) is 20.8. The van der Waals surface area contributed by atoms with Crippen molar-refractivity contribution in [3.8, 4) is 22.6 Å². The van der Waals surface area contributed by atoms with Gasteiger partial charge in [0.2, 0.25) is 20.7 Å². The Labute approximate surface area is 165 Å². The summed E-state index contributed by atoms with van der Waals surface area (Å²) >= 11 is 0. The highest BCUT2D eigenvalue weighted by Gasteiger charge is 2.28. The van der Waals surface area contributed by atoms with E-state index >= 15 is 0 Å². The molecule has 3 heterocycles. The van der Waals surface area contributed by atoms with E-state index in [0.29, 0.717) is 28.3 Å². The van der Waals surface area contributed by atoms with Gasteiger partial charge in [0.15, 0.2) is 5.69 Å². The molecule has 0 spiro atoms. The number of nitrogens with zero attached hydrogens (tertiary/aromatic N) is 4. The van der Waals surface area contributed by atoms with Crippen LogP contribution in [0.3, 0.4) is 0 Å². The first kappa shape index (κ1) is 19.1. The third-order valence-corrected chi connectivity index (χ3v) is 5.21. The van der Waals surface area contributed by atoms with E-state index in [1.54, 1.807) is 41.2 Å². The Hall–Kier alpha value is -3.27. The van der Waals surface area contributed by atoms with Crippen molar-refractivity contribution >= 4 is 15.5 Å². The van der Waals surface area contributed by atoms with Crippen LogP contribution in [0.25, 0.3) is 28.3 Å². The van der Waals surface area contributed by atoms with Gasteiger partial charge in [0, 0.05) is 30.5 Å². The Morgan fingerprint density at radius 2 is 1.97 bits per heavy atom. The van der Waals surface area contributed by atoms with Crippen molar-refractivity contribution in [1.29, 1.82) is 0 Å². The van der Waals surface area contributed by atoms with Crippen LogP contribution in [0.5, 0.6) is 0 Å². The number of aromatic amines is 1. The Morgan fingerprint density at radius 1 is 1.17 bits per heavy atom. The number of aromatic nitrogens is 5. The molecule has 0 radical (unpaired) electrons. The maximum atomic E-state index is 13.8. The molecule has 0 bridgehead atoms. The SMILES string of the molecule is CC(F)(F)c1cccc(-c2[nH]c3cncc[n+]3c2-c2ccnc(S(C)(=O)=O)n2)c1. The zero-order valence-corrected chi connectivity index (χ0v) is 16.3. The number of sulfone groups is 1. The molecule has 0 saturated heterocycles. The number of hydrogen-bond donors (Lipinski definition) is 1. The van der Waals surface area contributed by atoms with E-state index < -0.39 is 15.8 Å². The quantitative estimate of drug-likeness (QED) is 0.408. The normalized spacial score (nSPS) is 12.4. The fraction of sp³-hybridized carbons (Fsp3) is 0.158. The lowest BCUT2D eigenvalue weighted by atomic mass is 10.0. The monoisotopic (exact) mass is 416 g/mol. The summed E-state index contributed by atoms with van der Waals surface area (Å²) in [5, 5.41) is -0.321. The van der Waals surface area contributed by atoms with Crippen LogP contribution < -0.4 is 4.40 Å². The molecule has 29 heavy (non-hydrogen) atoms. The molecule has 0 aliphatic carbocycles. The predicted molar refractivity (Wildman–Crippen MR) is 101 cm³/mol. The second-order valence-electron chi connectivity index (χ2n) is 6.65. The van der Waals surface area contributed by atoms with Gasteiger partial charge in [-0.05, 0) is 12.1 Å². The highest BCUT2D eigenvalue weighted by molar-refractivity contribution is 7.90. The zero-order valence-electron chi connectivity index (χ0n) is 15.5. The molecule has 1 N–H and O–H groups in total. The smallest absolute Gasteiger partial charge is 0.252 e. The fourth-order valence-electron chi connectivity index (χ4n) is 3.02. The summed E-state index contributed by atoms with van der Waals surface area (Å²) in [4.78, 5) is 15.2. The van der Waals surface area contributed by atoms with Crippen molar-refractivity contribution in [1.82, 2.24) is 19.9 Å². The van der Waals surface area contributed by atoms with Gasteiger partial charge < -0.3 is 0 Å². The van der Waals surface area contributed by atoms with Crippen molar-refractivity contribution in [2.24, 2.45) is 0 Å². The van der Waals surface area contributed by atoms with Crippen LogP contribution >= 0.6 is 0 Å². The second kappa shape index (κ2) is 6.66. The minimum atomic E-state index is -3.63. The summed E-state index contributed by atoms with van der Waals surface area (Å²) in [6.07, 6.45) is 7.17. The number of H-pyrrole nitrogens is 1. The second-order valence-corrected chi connectivity index (χ2v) is 8.56. The summed E-state index contributed by atoms with van der Waals surface area (Å²) < 4.78 is 53.2. The minimum absolute atomic E-state index is 0.137. The highest BCUT2D eigenvalue weighted by atomic mass is 32.2. The first-order valence-electron chi connectivity index (χ1n) is 8.54. The van der Waals surface area contributed by atoms with Crippen LogP contribution in [0.4, 0.5) is 8.78 Å². The van der Waals surface area contributed by atoms with E-state index in [1.165, 1.54) is 18.3 Å². The van der Waals surface area contributed by atoms with Gasteiger partial charge in [-0.25, -0.2) is 32.2 Å². The molecule has 0 saturated carbocycles. The maximum absolute atomic E-state index is 13.8. The Balaban J connectivity index is 2.01. The molecule has 3 aromatic heterocycles. The van der Waals surface area contributed by atoms with Gasteiger partial charge in [0.05, 0.1) is 6.20 Å². The minimum Gasteiger partial charge on any atom is -0.252 e. The summed E-state index contributed by atoms with van der Waals surface area (Å²) in [6.45, 7) is 0.833. The molecular formula is C19H16F2N5O2S+. The van der Waals surface area contributed by atoms with Crippen LogP contribution in [-0.2, 0) is 15.8 Å². The Kier molecular flexibility index (Phi) is 4.38. The van der Waals surface area contributed by atoms with Gasteiger partial charge in [-0.1, -0.05) is 18.2 Å². The molecule has 7 nitrogen and oxygen atoms in total. The molecule has 10 heteroatoms. The predicted octanol–water partition coefficient (Wildman–Crippen LogP) is 2.79. The number of fused-ring (bicyclic) bond motifs is 1. The molecule has 0 fully saturated rings. The number of halogens is 2. The van der Waals surface area contributed by atoms with Crippen LogP contribution in [-0.4, -0.2) is 34.6 Å². The molecule has 4 aromatic rings. The number of benzene rings is 1. The van der Waals surface area contributed by atoms with Crippen molar-refractivity contribution in [2.75, 3.05) is 6.26 Å². The third kappa shape index (κ3) is 3.58. The third-order valence-electron chi connectivity index (χ3n) is 4.35.